The summed E-state index contributed by atoms with van der Waals surface area (Å²) in [5, 5.41) is 13.1. The number of amides is 1. The molecule has 1 N–H and O–H groups in total. The van der Waals surface area contributed by atoms with Gasteiger partial charge in [-0.15, -0.1) is 0 Å². The van der Waals surface area contributed by atoms with E-state index >= 15 is 0 Å². The number of carbonyl (C=O) groups is 1. The summed E-state index contributed by atoms with van der Waals surface area (Å²) in [6, 6.07) is 4.49. The van der Waals surface area contributed by atoms with Crippen LogP contribution in [0.1, 0.15) is 0 Å². The van der Waals surface area contributed by atoms with Crippen LogP contribution in [0.3, 0.4) is 0 Å². The Morgan fingerprint density at radius 2 is 2.00 bits per heavy atom. The predicted octanol–water partition coefficient (Wildman–Crippen LogP) is 1.71. The maximum atomic E-state index is 12.5. The minimum absolute atomic E-state index is 0.0359. The predicted molar refractivity (Wildman–Crippen MR) is 89.3 cm³/mol. The number of non-ortho nitro benzene ring substituents is 1. The highest BCUT2D eigenvalue weighted by Crippen LogP contribution is 2.29. The average molecular weight is 397 g/mol. The van der Waals surface area contributed by atoms with E-state index < -0.39 is 20.7 Å². The van der Waals surface area contributed by atoms with Crippen molar-refractivity contribution in [3.8, 4) is 0 Å². The maximum Gasteiger partial charge on any atom is 0.295 e. The zero-order chi connectivity index (χ0) is 18.7. The smallest absolute Gasteiger partial charge is 0.295 e. The number of sulfone groups is 1. The fraction of sp³-hybridized carbons (Fsp3) is 0.143. The first-order chi connectivity index (χ1) is 12.4. The number of nitro benzene ring substituents is 1. The van der Waals surface area contributed by atoms with Gasteiger partial charge < -0.3 is 9.47 Å². The quantitative estimate of drug-likeness (QED) is 0.594. The third-order valence-electron chi connectivity index (χ3n) is 3.20. The number of carbonyl (C=O) groups excluding carboxylic acids is 1. The fourth-order valence-electron chi connectivity index (χ4n) is 1.95. The van der Waals surface area contributed by atoms with Crippen LogP contribution in [0.4, 0.5) is 10.8 Å². The summed E-state index contributed by atoms with van der Waals surface area (Å²) in [5.74, 6) is -0.649. The monoisotopic (exact) mass is 397 g/mol. The van der Waals surface area contributed by atoms with Gasteiger partial charge in [0.15, 0.2) is 5.13 Å². The van der Waals surface area contributed by atoms with Crippen LogP contribution in [0.5, 0.6) is 0 Å². The van der Waals surface area contributed by atoms with Crippen molar-refractivity contribution in [1.29, 1.82) is 0 Å². The number of anilines is 1. The van der Waals surface area contributed by atoms with Crippen molar-refractivity contribution >= 4 is 37.9 Å². The molecular formula is C14H11N3O7S2. The first-order valence-corrected chi connectivity index (χ1v) is 9.39. The van der Waals surface area contributed by atoms with Gasteiger partial charge in [-0.25, -0.2) is 13.4 Å². The van der Waals surface area contributed by atoms with Crippen LogP contribution in [0.15, 0.2) is 51.6 Å². The molecule has 1 aromatic carbocycles. The van der Waals surface area contributed by atoms with E-state index in [-0.39, 0.29) is 32.3 Å². The number of nitrogens with one attached hydrogen (secondary N) is 1. The second-order valence-corrected chi connectivity index (χ2v) is 8.10. The van der Waals surface area contributed by atoms with Gasteiger partial charge in [-0.3, -0.25) is 20.2 Å². The first-order valence-electron chi connectivity index (χ1n) is 7.09. The second-order valence-electron chi connectivity index (χ2n) is 4.89. The average Bonchev–Trinajstić information content (AvgIpc) is 3.12. The Morgan fingerprint density at radius 1 is 1.27 bits per heavy atom. The number of rotatable bonds is 5. The summed E-state index contributed by atoms with van der Waals surface area (Å²) in [6.45, 7) is 0.572. The van der Waals surface area contributed by atoms with Crippen LogP contribution in [0.25, 0.3) is 0 Å². The van der Waals surface area contributed by atoms with Gasteiger partial charge in [0.05, 0.1) is 16.0 Å². The van der Waals surface area contributed by atoms with E-state index in [1.54, 1.807) is 0 Å². The minimum atomic E-state index is -3.91. The number of thiazole rings is 1. The lowest BCUT2D eigenvalue weighted by molar-refractivity contribution is -0.384. The van der Waals surface area contributed by atoms with Gasteiger partial charge >= 0.3 is 0 Å². The molecule has 0 fully saturated rings. The van der Waals surface area contributed by atoms with Crippen molar-refractivity contribution in [3.05, 3.63) is 52.6 Å². The summed E-state index contributed by atoms with van der Waals surface area (Å²) in [4.78, 5) is 25.7. The molecule has 0 saturated carbocycles. The number of benzene rings is 1. The Hall–Kier alpha value is -2.99. The highest BCUT2D eigenvalue weighted by molar-refractivity contribution is 7.93. The molecular weight excluding hydrogens is 386 g/mol. The zero-order valence-corrected chi connectivity index (χ0v) is 14.6. The van der Waals surface area contributed by atoms with Crippen molar-refractivity contribution in [2.75, 3.05) is 18.5 Å². The molecule has 1 aliphatic heterocycles. The molecule has 1 amide bonds. The molecule has 0 atom stereocenters. The molecule has 0 unspecified atom stereocenters. The topological polar surface area (TPSA) is 138 Å². The Labute approximate surface area is 151 Å². The van der Waals surface area contributed by atoms with Crippen LogP contribution >= 0.6 is 11.3 Å². The zero-order valence-electron chi connectivity index (χ0n) is 12.9. The fourth-order valence-corrected chi connectivity index (χ4v) is 4.38. The molecule has 0 saturated heterocycles. The van der Waals surface area contributed by atoms with Crippen LogP contribution in [0.2, 0.25) is 0 Å². The van der Waals surface area contributed by atoms with E-state index in [9.17, 15) is 23.3 Å². The normalized spacial score (nSPS) is 13.9. The number of hydrogen-bond donors (Lipinski definition) is 1. The third-order valence-corrected chi connectivity index (χ3v) is 6.34. The lowest BCUT2D eigenvalue weighted by Crippen LogP contribution is -2.20. The van der Waals surface area contributed by atoms with Crippen molar-refractivity contribution in [1.82, 2.24) is 4.98 Å². The maximum absolute atomic E-state index is 12.5. The van der Waals surface area contributed by atoms with E-state index in [0.29, 0.717) is 6.61 Å². The number of nitrogens with zero attached hydrogens (tertiary/aromatic N) is 2. The number of aromatic nitrogens is 1. The molecule has 136 valence electrons. The van der Waals surface area contributed by atoms with Gasteiger partial charge in [0.25, 0.3) is 11.6 Å². The van der Waals surface area contributed by atoms with Gasteiger partial charge in [0.1, 0.15) is 23.7 Å². The molecule has 0 radical (unpaired) electrons. The first kappa shape index (κ1) is 17.8. The highest BCUT2D eigenvalue weighted by atomic mass is 32.2. The standard InChI is InChI=1S/C14H11N3O7S2/c18-13(11-8-23-5-6-24-11)16-14-15-7-12(25-14)26(21,22)10-3-1-9(2-4-10)17(19)20/h1-4,7-8H,5-6H2,(H,15,16,18). The molecule has 2 heterocycles. The summed E-state index contributed by atoms with van der Waals surface area (Å²) < 4.78 is 35.1. The molecule has 26 heavy (non-hydrogen) atoms. The summed E-state index contributed by atoms with van der Waals surface area (Å²) >= 11 is 0.749. The van der Waals surface area contributed by atoms with Gasteiger partial charge in [0.2, 0.25) is 15.6 Å². The summed E-state index contributed by atoms with van der Waals surface area (Å²) in [5.41, 5.74) is -0.218. The Morgan fingerprint density at radius 3 is 2.62 bits per heavy atom. The molecule has 0 aliphatic carbocycles. The van der Waals surface area contributed by atoms with Crippen LogP contribution in [-0.4, -0.2) is 37.4 Å². The van der Waals surface area contributed by atoms with Crippen molar-refractivity contribution < 1.29 is 27.6 Å². The van der Waals surface area contributed by atoms with E-state index in [0.717, 1.165) is 41.8 Å². The van der Waals surface area contributed by atoms with Gasteiger partial charge in [-0.1, -0.05) is 11.3 Å². The molecule has 12 heteroatoms. The van der Waals surface area contributed by atoms with Gasteiger partial charge in [0, 0.05) is 12.1 Å². The molecule has 1 aliphatic rings. The Kier molecular flexibility index (Phi) is 4.86. The molecule has 3 rings (SSSR count). The van der Waals surface area contributed by atoms with Crippen molar-refractivity contribution in [2.24, 2.45) is 0 Å². The second kappa shape index (κ2) is 7.09. The van der Waals surface area contributed by atoms with E-state index in [1.165, 1.54) is 6.26 Å². The number of nitro groups is 1. The SMILES string of the molecule is O=C(Nc1ncc(S(=O)(=O)c2ccc([N+](=O)[O-])cc2)s1)C1=COCCO1. The van der Waals surface area contributed by atoms with Crippen molar-refractivity contribution in [2.45, 2.75) is 9.10 Å². The molecule has 0 spiro atoms. The molecule has 0 bridgehead atoms. The van der Waals surface area contributed by atoms with Crippen LogP contribution < -0.4 is 5.32 Å². The third kappa shape index (κ3) is 3.65. The summed E-state index contributed by atoms with van der Waals surface area (Å²) in [6.07, 6.45) is 2.27. The minimum Gasteiger partial charge on any atom is -0.494 e. The highest BCUT2D eigenvalue weighted by Gasteiger charge is 2.23. The molecule has 1 aromatic heterocycles. The molecule has 10 nitrogen and oxygen atoms in total. The van der Waals surface area contributed by atoms with E-state index in [2.05, 4.69) is 10.3 Å². The van der Waals surface area contributed by atoms with E-state index in [4.69, 9.17) is 9.47 Å². The lowest BCUT2D eigenvalue weighted by Gasteiger charge is -2.14. The molecule has 2 aromatic rings. The summed E-state index contributed by atoms with van der Waals surface area (Å²) in [7, 11) is -3.91. The van der Waals surface area contributed by atoms with Gasteiger partial charge in [-0.2, -0.15) is 0 Å². The number of hydrogen-bond acceptors (Lipinski definition) is 9. The lowest BCUT2D eigenvalue weighted by atomic mass is 10.3. The largest absolute Gasteiger partial charge is 0.494 e. The van der Waals surface area contributed by atoms with E-state index in [1.807, 2.05) is 0 Å². The van der Waals surface area contributed by atoms with Gasteiger partial charge in [-0.05, 0) is 12.1 Å². The van der Waals surface area contributed by atoms with Crippen molar-refractivity contribution in [3.63, 3.8) is 0 Å². The number of ether oxygens (including phenoxy) is 2. The Balaban J connectivity index is 1.78. The van der Waals surface area contributed by atoms with Crippen LogP contribution in [-0.2, 0) is 24.1 Å². The Bertz CT molecular complexity index is 980. The van der Waals surface area contributed by atoms with Crippen LogP contribution in [0, 0.1) is 10.1 Å².